The van der Waals surface area contributed by atoms with Crippen LogP contribution in [0.15, 0.2) is 17.0 Å². The predicted molar refractivity (Wildman–Crippen MR) is 79.9 cm³/mol. The van der Waals surface area contributed by atoms with Crippen LogP contribution >= 0.6 is 11.8 Å². The summed E-state index contributed by atoms with van der Waals surface area (Å²) < 4.78 is 5.47. The highest BCUT2D eigenvalue weighted by atomic mass is 32.2. The van der Waals surface area contributed by atoms with E-state index < -0.39 is 0 Å². The third kappa shape index (κ3) is 2.54. The second-order valence-electron chi connectivity index (χ2n) is 5.93. The summed E-state index contributed by atoms with van der Waals surface area (Å²) in [6, 6.07) is 4.56. The number of ether oxygens (including phenoxy) is 1. The van der Waals surface area contributed by atoms with Gasteiger partial charge in [0.25, 0.3) is 0 Å². The summed E-state index contributed by atoms with van der Waals surface area (Å²) in [6.45, 7) is 9.14. The van der Waals surface area contributed by atoms with Crippen LogP contribution in [0.4, 0.5) is 0 Å². The fourth-order valence-corrected chi connectivity index (χ4v) is 4.81. The van der Waals surface area contributed by atoms with Crippen LogP contribution in [-0.4, -0.2) is 12.4 Å². The van der Waals surface area contributed by atoms with E-state index in [1.54, 1.807) is 7.11 Å². The highest BCUT2D eigenvalue weighted by Gasteiger charge is 2.33. The molecule has 1 heterocycles. The van der Waals surface area contributed by atoms with Crippen LogP contribution in [0.25, 0.3) is 0 Å². The number of benzene rings is 1. The fraction of sp³-hybridized carbons (Fsp3) is 0.625. The number of methoxy groups -OCH3 is 1. The van der Waals surface area contributed by atoms with Gasteiger partial charge in [0.2, 0.25) is 0 Å². The van der Waals surface area contributed by atoms with Gasteiger partial charge in [-0.05, 0) is 48.4 Å². The van der Waals surface area contributed by atoms with E-state index in [0.717, 1.165) is 11.0 Å². The van der Waals surface area contributed by atoms with E-state index in [2.05, 4.69) is 51.6 Å². The van der Waals surface area contributed by atoms with Gasteiger partial charge in [0.15, 0.2) is 0 Å². The quantitative estimate of drug-likeness (QED) is 0.764. The smallest absolute Gasteiger partial charge is 0.122 e. The number of fused-ring (bicyclic) bond motifs is 1. The number of rotatable bonds is 3. The summed E-state index contributed by atoms with van der Waals surface area (Å²) >= 11 is 2.06. The van der Waals surface area contributed by atoms with E-state index in [4.69, 9.17) is 4.74 Å². The molecular weight excluding hydrogens is 240 g/mol. The van der Waals surface area contributed by atoms with Crippen molar-refractivity contribution in [3.63, 3.8) is 0 Å². The van der Waals surface area contributed by atoms with Gasteiger partial charge in [-0.1, -0.05) is 27.2 Å². The summed E-state index contributed by atoms with van der Waals surface area (Å²) in [6.07, 6.45) is 3.86. The highest BCUT2D eigenvalue weighted by Crippen LogP contribution is 2.48. The zero-order valence-corrected chi connectivity index (χ0v) is 13.0. The Morgan fingerprint density at radius 3 is 2.72 bits per heavy atom. The lowest BCUT2D eigenvalue weighted by atomic mass is 9.79. The molecular formula is C16H24OS. The van der Waals surface area contributed by atoms with Crippen molar-refractivity contribution in [3.8, 4) is 5.75 Å². The van der Waals surface area contributed by atoms with E-state index in [0.29, 0.717) is 0 Å². The Balaban J connectivity index is 2.42. The molecule has 0 aliphatic carbocycles. The van der Waals surface area contributed by atoms with Gasteiger partial charge in [-0.3, -0.25) is 0 Å². The molecule has 0 bridgehead atoms. The molecule has 100 valence electrons. The van der Waals surface area contributed by atoms with E-state index in [1.807, 2.05) is 0 Å². The van der Waals surface area contributed by atoms with Crippen molar-refractivity contribution in [2.24, 2.45) is 0 Å². The normalized spacial score (nSPS) is 21.5. The van der Waals surface area contributed by atoms with Crippen molar-refractivity contribution < 1.29 is 4.74 Å². The fourth-order valence-electron chi connectivity index (χ4n) is 2.89. The maximum absolute atomic E-state index is 5.47. The van der Waals surface area contributed by atoms with Crippen molar-refractivity contribution in [3.05, 3.63) is 23.3 Å². The third-order valence-corrected chi connectivity index (χ3v) is 5.20. The molecule has 2 heteroatoms. The summed E-state index contributed by atoms with van der Waals surface area (Å²) in [5.41, 5.74) is 2.97. The number of thioether (sulfide) groups is 1. The van der Waals surface area contributed by atoms with Gasteiger partial charge in [-0.25, -0.2) is 0 Å². The van der Waals surface area contributed by atoms with Crippen LogP contribution in [0.5, 0.6) is 5.75 Å². The van der Waals surface area contributed by atoms with E-state index in [-0.39, 0.29) is 5.41 Å². The first-order chi connectivity index (χ1) is 8.47. The maximum atomic E-state index is 5.47. The zero-order valence-electron chi connectivity index (χ0n) is 12.2. The number of hydrogen-bond acceptors (Lipinski definition) is 2. The summed E-state index contributed by atoms with van der Waals surface area (Å²) in [4.78, 5) is 1.46. The van der Waals surface area contributed by atoms with Gasteiger partial charge in [0.1, 0.15) is 5.75 Å². The van der Waals surface area contributed by atoms with E-state index >= 15 is 0 Å². The standard InChI is InChI=1S/C16H24OS/c1-6-7-12-10-16(3,4)13-9-14(17-5)11(2)8-15(13)18-12/h8-9,12H,6-7,10H2,1-5H3. The van der Waals surface area contributed by atoms with Crippen molar-refractivity contribution in [2.45, 2.75) is 62.5 Å². The van der Waals surface area contributed by atoms with Crippen molar-refractivity contribution in [1.82, 2.24) is 0 Å². The van der Waals surface area contributed by atoms with Crippen LogP contribution in [-0.2, 0) is 5.41 Å². The molecule has 2 rings (SSSR count). The van der Waals surface area contributed by atoms with Crippen molar-refractivity contribution in [2.75, 3.05) is 7.11 Å². The highest BCUT2D eigenvalue weighted by molar-refractivity contribution is 8.00. The number of hydrogen-bond donors (Lipinski definition) is 0. The molecule has 0 radical (unpaired) electrons. The van der Waals surface area contributed by atoms with E-state index in [9.17, 15) is 0 Å². The van der Waals surface area contributed by atoms with Gasteiger partial charge in [0.05, 0.1) is 7.11 Å². The largest absolute Gasteiger partial charge is 0.496 e. The first-order valence-corrected chi connectivity index (χ1v) is 7.71. The lowest BCUT2D eigenvalue weighted by Gasteiger charge is -2.37. The molecule has 1 unspecified atom stereocenters. The molecule has 1 nitrogen and oxygen atoms in total. The van der Waals surface area contributed by atoms with Crippen LogP contribution in [0, 0.1) is 6.92 Å². The molecule has 0 saturated carbocycles. The molecule has 1 aliphatic heterocycles. The SMILES string of the molecule is CCCC1CC(C)(C)c2cc(OC)c(C)cc2S1. The minimum atomic E-state index is 0.265. The molecule has 0 N–H and O–H groups in total. The van der Waals surface area contributed by atoms with Gasteiger partial charge in [-0.2, -0.15) is 0 Å². The number of aryl methyl sites for hydroxylation is 1. The first kappa shape index (κ1) is 13.8. The Morgan fingerprint density at radius 2 is 2.11 bits per heavy atom. The van der Waals surface area contributed by atoms with Gasteiger partial charge in [0, 0.05) is 10.1 Å². The van der Waals surface area contributed by atoms with Crippen molar-refractivity contribution in [1.29, 1.82) is 0 Å². The zero-order chi connectivity index (χ0) is 13.3. The summed E-state index contributed by atoms with van der Waals surface area (Å²) in [5.74, 6) is 1.02. The topological polar surface area (TPSA) is 9.23 Å². The summed E-state index contributed by atoms with van der Waals surface area (Å²) in [5, 5.41) is 0.769. The minimum absolute atomic E-state index is 0.265. The van der Waals surface area contributed by atoms with Gasteiger partial charge in [-0.15, -0.1) is 11.8 Å². The van der Waals surface area contributed by atoms with E-state index in [1.165, 1.54) is 35.3 Å². The molecule has 0 spiro atoms. The second-order valence-corrected chi connectivity index (χ2v) is 7.28. The second kappa shape index (κ2) is 5.16. The van der Waals surface area contributed by atoms with Crippen molar-refractivity contribution >= 4 is 11.8 Å². The Hall–Kier alpha value is -0.630. The van der Waals surface area contributed by atoms with Crippen LogP contribution in [0.3, 0.4) is 0 Å². The molecule has 1 aliphatic rings. The molecule has 0 fully saturated rings. The Labute approximate surface area is 115 Å². The average Bonchev–Trinajstić information content (AvgIpc) is 2.27. The summed E-state index contributed by atoms with van der Waals surface area (Å²) in [7, 11) is 1.76. The Kier molecular flexibility index (Phi) is 3.96. The van der Waals surface area contributed by atoms with Crippen LogP contribution in [0.1, 0.15) is 51.2 Å². The van der Waals surface area contributed by atoms with Crippen LogP contribution in [0.2, 0.25) is 0 Å². The minimum Gasteiger partial charge on any atom is -0.496 e. The third-order valence-electron chi connectivity index (χ3n) is 3.87. The predicted octanol–water partition coefficient (Wildman–Crippen LogP) is 4.95. The molecule has 0 amide bonds. The monoisotopic (exact) mass is 264 g/mol. The lowest BCUT2D eigenvalue weighted by Crippen LogP contribution is -2.28. The lowest BCUT2D eigenvalue weighted by molar-refractivity contribution is 0.402. The molecule has 1 aromatic rings. The molecule has 18 heavy (non-hydrogen) atoms. The Bertz CT molecular complexity index is 437. The molecule has 1 atom stereocenters. The van der Waals surface area contributed by atoms with Gasteiger partial charge < -0.3 is 4.74 Å². The maximum Gasteiger partial charge on any atom is 0.122 e. The molecule has 1 aromatic carbocycles. The average molecular weight is 264 g/mol. The first-order valence-electron chi connectivity index (χ1n) is 6.83. The Morgan fingerprint density at radius 1 is 1.39 bits per heavy atom. The van der Waals surface area contributed by atoms with Crippen LogP contribution < -0.4 is 4.74 Å². The molecule has 0 aromatic heterocycles. The molecule has 0 saturated heterocycles. The van der Waals surface area contributed by atoms with Gasteiger partial charge >= 0.3 is 0 Å².